The van der Waals surface area contributed by atoms with Crippen LogP contribution in [0, 0.1) is 0 Å². The van der Waals surface area contributed by atoms with Gasteiger partial charge in [-0.15, -0.1) is 0 Å². The Kier molecular flexibility index (Phi) is 9.46. The van der Waals surface area contributed by atoms with Crippen LogP contribution in [0.3, 0.4) is 0 Å². The fourth-order valence-electron chi connectivity index (χ4n) is 3.09. The molecule has 0 saturated carbocycles. The predicted octanol–water partition coefficient (Wildman–Crippen LogP) is 7.28. The Labute approximate surface area is 133 Å². The molecule has 0 fully saturated rings. The number of unbranched alkanes of at least 4 members (excludes halogenated alkanes) is 9. The van der Waals surface area contributed by atoms with Crippen LogP contribution in [0.25, 0.3) is 0 Å². The van der Waals surface area contributed by atoms with Crippen molar-refractivity contribution in [3.8, 4) is 0 Å². The van der Waals surface area contributed by atoms with E-state index in [1.165, 1.54) is 76.2 Å². The SMILES string of the molecule is CCCCCCCCCCCCC(C)(C)c1ccccc1. The van der Waals surface area contributed by atoms with Crippen LogP contribution in [-0.2, 0) is 5.41 Å². The molecular formula is C21H36. The van der Waals surface area contributed by atoms with Gasteiger partial charge in [0.25, 0.3) is 0 Å². The first-order chi connectivity index (χ1) is 10.2. The van der Waals surface area contributed by atoms with Gasteiger partial charge in [0.15, 0.2) is 0 Å². The van der Waals surface area contributed by atoms with E-state index in [4.69, 9.17) is 0 Å². The number of hydrogen-bond acceptors (Lipinski definition) is 0. The van der Waals surface area contributed by atoms with Crippen LogP contribution in [0.4, 0.5) is 0 Å². The van der Waals surface area contributed by atoms with E-state index in [9.17, 15) is 0 Å². The minimum atomic E-state index is 0.335. The lowest BCUT2D eigenvalue weighted by Gasteiger charge is -2.25. The fourth-order valence-corrected chi connectivity index (χ4v) is 3.09. The third-order valence-corrected chi connectivity index (χ3v) is 4.71. The molecular weight excluding hydrogens is 252 g/mol. The number of rotatable bonds is 12. The highest BCUT2D eigenvalue weighted by Gasteiger charge is 2.19. The molecule has 0 amide bonds. The second-order valence-corrected chi connectivity index (χ2v) is 7.18. The molecule has 0 bridgehead atoms. The van der Waals surface area contributed by atoms with Crippen LogP contribution >= 0.6 is 0 Å². The zero-order valence-electron chi connectivity index (χ0n) is 14.7. The Morgan fingerprint density at radius 2 is 1.14 bits per heavy atom. The molecule has 1 aromatic rings. The maximum Gasteiger partial charge on any atom is -0.0104 e. The fraction of sp³-hybridized carbons (Fsp3) is 0.714. The van der Waals surface area contributed by atoms with Crippen molar-refractivity contribution < 1.29 is 0 Å². The Morgan fingerprint density at radius 1 is 0.667 bits per heavy atom. The Balaban J connectivity index is 2.01. The van der Waals surface area contributed by atoms with Gasteiger partial charge < -0.3 is 0 Å². The monoisotopic (exact) mass is 288 g/mol. The third-order valence-electron chi connectivity index (χ3n) is 4.71. The number of hydrogen-bond donors (Lipinski definition) is 0. The summed E-state index contributed by atoms with van der Waals surface area (Å²) in [5.41, 5.74) is 1.82. The van der Waals surface area contributed by atoms with Crippen LogP contribution in [0.15, 0.2) is 30.3 Å². The van der Waals surface area contributed by atoms with Gasteiger partial charge in [-0.05, 0) is 17.4 Å². The van der Waals surface area contributed by atoms with Gasteiger partial charge in [-0.1, -0.05) is 115 Å². The first-order valence-electron chi connectivity index (χ1n) is 9.22. The van der Waals surface area contributed by atoms with Gasteiger partial charge in [0.1, 0.15) is 0 Å². The molecule has 1 aromatic carbocycles. The van der Waals surface area contributed by atoms with Crippen molar-refractivity contribution in [2.45, 2.75) is 96.8 Å². The average Bonchev–Trinajstić information content (AvgIpc) is 2.50. The highest BCUT2D eigenvalue weighted by atomic mass is 14.2. The van der Waals surface area contributed by atoms with Gasteiger partial charge in [0, 0.05) is 0 Å². The van der Waals surface area contributed by atoms with Crippen LogP contribution < -0.4 is 0 Å². The normalized spacial score (nSPS) is 11.8. The summed E-state index contributed by atoms with van der Waals surface area (Å²) in [5, 5.41) is 0. The lowest BCUT2D eigenvalue weighted by molar-refractivity contribution is 0.441. The van der Waals surface area contributed by atoms with Crippen molar-refractivity contribution in [2.24, 2.45) is 0 Å². The van der Waals surface area contributed by atoms with Crippen molar-refractivity contribution >= 4 is 0 Å². The van der Waals surface area contributed by atoms with E-state index in [0.29, 0.717) is 5.41 Å². The van der Waals surface area contributed by atoms with Crippen LogP contribution in [0.1, 0.15) is 97.0 Å². The van der Waals surface area contributed by atoms with Crippen molar-refractivity contribution in [3.05, 3.63) is 35.9 Å². The zero-order chi connectivity index (χ0) is 15.4. The highest BCUT2D eigenvalue weighted by Crippen LogP contribution is 2.29. The molecule has 0 N–H and O–H groups in total. The first-order valence-corrected chi connectivity index (χ1v) is 9.22. The summed E-state index contributed by atoms with van der Waals surface area (Å²) in [6.45, 7) is 7.06. The molecule has 0 aromatic heterocycles. The van der Waals surface area contributed by atoms with Gasteiger partial charge >= 0.3 is 0 Å². The molecule has 0 unspecified atom stereocenters. The summed E-state index contributed by atoms with van der Waals surface area (Å²) < 4.78 is 0. The standard InChI is InChI=1S/C21H36/c1-4-5-6-7-8-9-10-11-12-16-19-21(2,3)20-17-14-13-15-18-20/h13-15,17-18H,4-12,16,19H2,1-3H3. The summed E-state index contributed by atoms with van der Waals surface area (Å²) in [4.78, 5) is 0. The minimum absolute atomic E-state index is 0.335. The van der Waals surface area contributed by atoms with E-state index < -0.39 is 0 Å². The molecule has 0 aliphatic rings. The Hall–Kier alpha value is -0.780. The van der Waals surface area contributed by atoms with Crippen LogP contribution in [0.2, 0.25) is 0 Å². The van der Waals surface area contributed by atoms with E-state index in [1.54, 1.807) is 0 Å². The Morgan fingerprint density at radius 3 is 1.67 bits per heavy atom. The molecule has 0 atom stereocenters. The second-order valence-electron chi connectivity index (χ2n) is 7.18. The van der Waals surface area contributed by atoms with E-state index >= 15 is 0 Å². The van der Waals surface area contributed by atoms with Gasteiger partial charge in [0.2, 0.25) is 0 Å². The van der Waals surface area contributed by atoms with Crippen molar-refractivity contribution in [1.82, 2.24) is 0 Å². The average molecular weight is 289 g/mol. The van der Waals surface area contributed by atoms with Gasteiger partial charge in [-0.25, -0.2) is 0 Å². The van der Waals surface area contributed by atoms with E-state index in [0.717, 1.165) is 0 Å². The molecule has 0 heterocycles. The molecule has 21 heavy (non-hydrogen) atoms. The van der Waals surface area contributed by atoms with E-state index in [2.05, 4.69) is 51.1 Å². The Bertz CT molecular complexity index is 336. The molecule has 0 radical (unpaired) electrons. The predicted molar refractivity (Wildman–Crippen MR) is 95.9 cm³/mol. The molecule has 0 aliphatic carbocycles. The topological polar surface area (TPSA) is 0 Å². The summed E-state index contributed by atoms with van der Waals surface area (Å²) in [5.74, 6) is 0. The molecule has 0 nitrogen and oxygen atoms in total. The van der Waals surface area contributed by atoms with Gasteiger partial charge in [-0.3, -0.25) is 0 Å². The van der Waals surface area contributed by atoms with Crippen LogP contribution in [-0.4, -0.2) is 0 Å². The molecule has 0 aliphatic heterocycles. The maximum atomic E-state index is 2.38. The van der Waals surface area contributed by atoms with Gasteiger partial charge in [-0.2, -0.15) is 0 Å². The largest absolute Gasteiger partial charge is 0.0654 e. The maximum absolute atomic E-state index is 2.38. The van der Waals surface area contributed by atoms with E-state index in [-0.39, 0.29) is 0 Å². The lowest BCUT2D eigenvalue weighted by atomic mass is 9.80. The summed E-state index contributed by atoms with van der Waals surface area (Å²) >= 11 is 0. The molecule has 0 heteroatoms. The van der Waals surface area contributed by atoms with Gasteiger partial charge in [0.05, 0.1) is 0 Å². The van der Waals surface area contributed by atoms with Crippen molar-refractivity contribution in [2.75, 3.05) is 0 Å². The lowest BCUT2D eigenvalue weighted by Crippen LogP contribution is -2.16. The molecule has 1 rings (SSSR count). The highest BCUT2D eigenvalue weighted by molar-refractivity contribution is 5.23. The zero-order valence-corrected chi connectivity index (χ0v) is 14.7. The van der Waals surface area contributed by atoms with E-state index in [1.807, 2.05) is 0 Å². The summed E-state index contributed by atoms with van der Waals surface area (Å²) in [6.07, 6.45) is 15.6. The molecule has 0 spiro atoms. The van der Waals surface area contributed by atoms with Crippen molar-refractivity contribution in [3.63, 3.8) is 0 Å². The molecule has 120 valence electrons. The number of benzene rings is 1. The molecule has 0 saturated heterocycles. The quantitative estimate of drug-likeness (QED) is 0.355. The van der Waals surface area contributed by atoms with Crippen LogP contribution in [0.5, 0.6) is 0 Å². The first kappa shape index (κ1) is 18.3. The second kappa shape index (κ2) is 10.9. The van der Waals surface area contributed by atoms with Crippen molar-refractivity contribution in [1.29, 1.82) is 0 Å². The summed E-state index contributed by atoms with van der Waals surface area (Å²) in [7, 11) is 0. The minimum Gasteiger partial charge on any atom is -0.0654 e. The smallest absolute Gasteiger partial charge is 0.0104 e. The third kappa shape index (κ3) is 8.29. The summed E-state index contributed by atoms with van der Waals surface area (Å²) in [6, 6.07) is 11.0.